The first-order valence-electron chi connectivity index (χ1n) is 4.05. The van der Waals surface area contributed by atoms with E-state index < -0.39 is 0 Å². The van der Waals surface area contributed by atoms with Crippen molar-refractivity contribution in [3.8, 4) is 0 Å². The van der Waals surface area contributed by atoms with Gasteiger partial charge >= 0.3 is 0 Å². The molecular formula is C10H12S. The molecule has 0 spiro atoms. The van der Waals surface area contributed by atoms with Crippen LogP contribution in [0.15, 0.2) is 35.8 Å². The summed E-state index contributed by atoms with van der Waals surface area (Å²) in [6.07, 6.45) is 9.33. The van der Waals surface area contributed by atoms with Gasteiger partial charge in [0.05, 0.1) is 0 Å². The molecule has 1 heteroatoms. The average Bonchev–Trinajstić information content (AvgIpc) is 2.17. The number of hydrogen-bond acceptors (Lipinski definition) is 1. The molecule has 0 fully saturated rings. The largest absolute Gasteiger partial charge is 0.122 e. The van der Waals surface area contributed by atoms with Gasteiger partial charge in [0.2, 0.25) is 0 Å². The van der Waals surface area contributed by atoms with Gasteiger partial charge in [0, 0.05) is 5.25 Å². The lowest BCUT2D eigenvalue weighted by Crippen LogP contribution is -2.11. The lowest BCUT2D eigenvalue weighted by atomic mass is 9.95. The van der Waals surface area contributed by atoms with E-state index in [-0.39, 0.29) is 0 Å². The van der Waals surface area contributed by atoms with Crippen molar-refractivity contribution in [2.45, 2.75) is 18.1 Å². The van der Waals surface area contributed by atoms with Gasteiger partial charge in [-0.2, -0.15) is 0 Å². The lowest BCUT2D eigenvalue weighted by Gasteiger charge is -2.22. The second-order valence-electron chi connectivity index (χ2n) is 3.07. The van der Waals surface area contributed by atoms with Crippen molar-refractivity contribution < 1.29 is 0 Å². The van der Waals surface area contributed by atoms with Gasteiger partial charge in [0.15, 0.2) is 0 Å². The fourth-order valence-corrected chi connectivity index (χ4v) is 2.59. The van der Waals surface area contributed by atoms with E-state index in [0.717, 1.165) is 0 Å². The highest BCUT2D eigenvalue weighted by Gasteiger charge is 2.21. The first-order valence-corrected chi connectivity index (χ1v) is 4.99. The summed E-state index contributed by atoms with van der Waals surface area (Å²) >= 11 is 1.87. The molecule has 0 nitrogen and oxygen atoms in total. The van der Waals surface area contributed by atoms with E-state index >= 15 is 0 Å². The van der Waals surface area contributed by atoms with Crippen LogP contribution >= 0.6 is 11.8 Å². The normalized spacial score (nSPS) is 35.5. The standard InChI is InChI=1S/C10H12S/c1-8-9-4-2-3-5-10(8)11-7-6-9/h3,5-7,9-10H,1-2,4H2/t9-,10?/m0/s1. The van der Waals surface area contributed by atoms with Crippen molar-refractivity contribution in [2.75, 3.05) is 0 Å². The first kappa shape index (κ1) is 7.23. The minimum atomic E-state index is 0.562. The number of rotatable bonds is 0. The minimum Gasteiger partial charge on any atom is -0.122 e. The van der Waals surface area contributed by atoms with Crippen LogP contribution in [0.2, 0.25) is 0 Å². The second-order valence-corrected chi connectivity index (χ2v) is 4.12. The SMILES string of the molecule is C=C1C2C=CCC[C@H]1C=CS2. The van der Waals surface area contributed by atoms with E-state index in [1.165, 1.54) is 18.4 Å². The third-order valence-corrected chi connectivity index (χ3v) is 3.40. The number of thioether (sulfide) groups is 1. The van der Waals surface area contributed by atoms with Crippen LogP contribution in [0.5, 0.6) is 0 Å². The molecule has 2 rings (SSSR count). The topological polar surface area (TPSA) is 0 Å². The molecule has 0 aromatic carbocycles. The van der Waals surface area contributed by atoms with E-state index in [1.54, 1.807) is 0 Å². The van der Waals surface area contributed by atoms with Crippen molar-refractivity contribution in [1.29, 1.82) is 0 Å². The van der Waals surface area contributed by atoms with Crippen molar-refractivity contribution in [3.63, 3.8) is 0 Å². The summed E-state index contributed by atoms with van der Waals surface area (Å²) in [5.74, 6) is 0.649. The zero-order chi connectivity index (χ0) is 7.68. The minimum absolute atomic E-state index is 0.562. The molecule has 1 aliphatic carbocycles. The predicted octanol–water partition coefficient (Wildman–Crippen LogP) is 3.14. The monoisotopic (exact) mass is 164 g/mol. The molecule has 0 aromatic heterocycles. The summed E-state index contributed by atoms with van der Waals surface area (Å²) in [4.78, 5) is 0. The Morgan fingerprint density at radius 1 is 1.45 bits per heavy atom. The third kappa shape index (κ3) is 1.30. The Morgan fingerprint density at radius 3 is 3.27 bits per heavy atom. The fraction of sp³-hybridized carbons (Fsp3) is 0.400. The van der Waals surface area contributed by atoms with Gasteiger partial charge in [-0.25, -0.2) is 0 Å². The molecule has 2 aliphatic rings. The summed E-state index contributed by atoms with van der Waals surface area (Å²) in [5, 5.41) is 2.78. The quantitative estimate of drug-likeness (QED) is 0.496. The maximum atomic E-state index is 4.14. The molecule has 11 heavy (non-hydrogen) atoms. The molecule has 0 radical (unpaired) electrons. The van der Waals surface area contributed by atoms with Crippen LogP contribution in [0.3, 0.4) is 0 Å². The van der Waals surface area contributed by atoms with Crippen LogP contribution in [0.25, 0.3) is 0 Å². The van der Waals surface area contributed by atoms with E-state index in [0.29, 0.717) is 11.2 Å². The fourth-order valence-electron chi connectivity index (χ4n) is 1.59. The Bertz CT molecular complexity index is 225. The maximum absolute atomic E-state index is 4.14. The van der Waals surface area contributed by atoms with Gasteiger partial charge in [-0.05, 0) is 24.2 Å². The molecule has 0 saturated carbocycles. The Labute approximate surface area is 72.1 Å². The molecule has 58 valence electrons. The van der Waals surface area contributed by atoms with E-state index in [9.17, 15) is 0 Å². The lowest BCUT2D eigenvalue weighted by molar-refractivity contribution is 0.688. The van der Waals surface area contributed by atoms with Crippen molar-refractivity contribution in [1.82, 2.24) is 0 Å². The molecular weight excluding hydrogens is 152 g/mol. The van der Waals surface area contributed by atoms with Gasteiger partial charge < -0.3 is 0 Å². The number of fused-ring (bicyclic) bond motifs is 2. The number of allylic oxidation sites excluding steroid dienone is 2. The molecule has 1 aliphatic heterocycles. The summed E-state index contributed by atoms with van der Waals surface area (Å²) in [5.41, 5.74) is 1.39. The van der Waals surface area contributed by atoms with Gasteiger partial charge in [0.25, 0.3) is 0 Å². The molecule has 1 unspecified atom stereocenters. The van der Waals surface area contributed by atoms with Crippen molar-refractivity contribution >= 4 is 11.8 Å². The molecule has 0 aromatic rings. The highest BCUT2D eigenvalue weighted by atomic mass is 32.2. The Balaban J connectivity index is 2.30. The zero-order valence-corrected chi connectivity index (χ0v) is 7.31. The molecule has 0 N–H and O–H groups in total. The van der Waals surface area contributed by atoms with E-state index in [2.05, 4.69) is 30.2 Å². The summed E-state index contributed by atoms with van der Waals surface area (Å²) < 4.78 is 0. The van der Waals surface area contributed by atoms with Gasteiger partial charge in [-0.1, -0.05) is 30.4 Å². The molecule has 1 heterocycles. The van der Waals surface area contributed by atoms with E-state index in [1.807, 2.05) is 11.8 Å². The molecule has 2 bridgehead atoms. The molecule has 2 atom stereocenters. The van der Waals surface area contributed by atoms with Gasteiger partial charge in [-0.3, -0.25) is 0 Å². The van der Waals surface area contributed by atoms with Crippen LogP contribution in [0.4, 0.5) is 0 Å². The summed E-state index contributed by atoms with van der Waals surface area (Å²) in [6, 6.07) is 0. The van der Waals surface area contributed by atoms with Crippen molar-refractivity contribution in [2.24, 2.45) is 5.92 Å². The summed E-state index contributed by atoms with van der Waals surface area (Å²) in [6.45, 7) is 4.14. The van der Waals surface area contributed by atoms with Crippen molar-refractivity contribution in [3.05, 3.63) is 35.8 Å². The smallest absolute Gasteiger partial charge is 0.0481 e. The van der Waals surface area contributed by atoms with Crippen LogP contribution in [0.1, 0.15) is 12.8 Å². The van der Waals surface area contributed by atoms with Crippen LogP contribution in [0, 0.1) is 5.92 Å². The highest BCUT2D eigenvalue weighted by molar-refractivity contribution is 8.03. The van der Waals surface area contributed by atoms with Gasteiger partial charge in [-0.15, -0.1) is 11.8 Å². The maximum Gasteiger partial charge on any atom is 0.0481 e. The Morgan fingerprint density at radius 2 is 2.36 bits per heavy atom. The molecule has 0 amide bonds. The summed E-state index contributed by atoms with van der Waals surface area (Å²) in [7, 11) is 0. The van der Waals surface area contributed by atoms with Crippen LogP contribution in [-0.4, -0.2) is 5.25 Å². The highest BCUT2D eigenvalue weighted by Crippen LogP contribution is 2.36. The Hall–Kier alpha value is -0.430. The molecule has 0 saturated heterocycles. The Kier molecular flexibility index (Phi) is 1.91. The number of hydrogen-bond donors (Lipinski definition) is 0. The first-order chi connectivity index (χ1) is 5.38. The predicted molar refractivity (Wildman–Crippen MR) is 51.5 cm³/mol. The second kappa shape index (κ2) is 2.90. The van der Waals surface area contributed by atoms with Crippen LogP contribution < -0.4 is 0 Å². The van der Waals surface area contributed by atoms with Crippen LogP contribution in [-0.2, 0) is 0 Å². The van der Waals surface area contributed by atoms with Gasteiger partial charge in [0.1, 0.15) is 0 Å². The average molecular weight is 164 g/mol. The third-order valence-electron chi connectivity index (χ3n) is 2.33. The van der Waals surface area contributed by atoms with E-state index in [4.69, 9.17) is 0 Å². The zero-order valence-electron chi connectivity index (χ0n) is 6.49.